The van der Waals surface area contributed by atoms with Gasteiger partial charge in [-0.15, -0.1) is 0 Å². The molecule has 1 aliphatic carbocycles. The van der Waals surface area contributed by atoms with Crippen LogP contribution in [0.15, 0.2) is 4.99 Å². The van der Waals surface area contributed by atoms with Crippen molar-refractivity contribution in [1.29, 1.82) is 0 Å². The van der Waals surface area contributed by atoms with E-state index in [-0.39, 0.29) is 5.91 Å². The van der Waals surface area contributed by atoms with Crippen molar-refractivity contribution in [2.24, 2.45) is 4.99 Å². The van der Waals surface area contributed by atoms with Crippen molar-refractivity contribution >= 4 is 11.9 Å². The summed E-state index contributed by atoms with van der Waals surface area (Å²) in [7, 11) is 1.80. The minimum absolute atomic E-state index is 0.243. The summed E-state index contributed by atoms with van der Waals surface area (Å²) in [5, 5.41) is 6.83. The van der Waals surface area contributed by atoms with Crippen LogP contribution in [0.1, 0.15) is 71.1 Å². The summed E-state index contributed by atoms with van der Waals surface area (Å²) >= 11 is 0. The second-order valence-electron chi connectivity index (χ2n) is 7.51. The highest BCUT2D eigenvalue weighted by Gasteiger charge is 2.25. The van der Waals surface area contributed by atoms with Gasteiger partial charge in [0.2, 0.25) is 5.91 Å². The number of carbonyl (C=O) groups is 1. The molecule has 2 fully saturated rings. The number of nitrogens with zero attached hydrogens (tertiary/aromatic N) is 2. The van der Waals surface area contributed by atoms with Crippen LogP contribution < -0.4 is 10.6 Å². The average molecular weight is 367 g/mol. The molecule has 2 N–H and O–H groups in total. The molecule has 0 aromatic carbocycles. The van der Waals surface area contributed by atoms with Crippen molar-refractivity contribution in [2.75, 3.05) is 33.3 Å². The second kappa shape index (κ2) is 12.2. The number of nitrogens with one attached hydrogen (secondary N) is 2. The number of unbranched alkanes of at least 4 members (excludes halogenated alkanes) is 2. The molecule has 2 rings (SSSR count). The van der Waals surface area contributed by atoms with Crippen molar-refractivity contribution in [3.63, 3.8) is 0 Å². The van der Waals surface area contributed by atoms with Gasteiger partial charge in [0.25, 0.3) is 0 Å². The van der Waals surface area contributed by atoms with Crippen LogP contribution in [0.4, 0.5) is 0 Å². The Hall–Kier alpha value is -1.30. The molecule has 0 radical (unpaired) electrons. The SMILES string of the molecule is CCC(=O)N1CCC(NC(=NC)NCCCCCOC2CCCCC2)C1. The van der Waals surface area contributed by atoms with Gasteiger partial charge < -0.3 is 20.3 Å². The highest BCUT2D eigenvalue weighted by atomic mass is 16.5. The number of carbonyl (C=O) groups excluding carboxylic acids is 1. The van der Waals surface area contributed by atoms with E-state index < -0.39 is 0 Å². The largest absolute Gasteiger partial charge is 0.378 e. The number of amides is 1. The van der Waals surface area contributed by atoms with Gasteiger partial charge >= 0.3 is 0 Å². The molecule has 150 valence electrons. The summed E-state index contributed by atoms with van der Waals surface area (Å²) in [5.41, 5.74) is 0. The number of hydrogen-bond donors (Lipinski definition) is 2. The maximum atomic E-state index is 11.8. The molecular formula is C20H38N4O2. The Morgan fingerprint density at radius 3 is 2.69 bits per heavy atom. The van der Waals surface area contributed by atoms with Gasteiger partial charge in [-0.3, -0.25) is 9.79 Å². The van der Waals surface area contributed by atoms with Gasteiger partial charge in [-0.25, -0.2) is 0 Å². The van der Waals surface area contributed by atoms with E-state index in [2.05, 4.69) is 15.6 Å². The fourth-order valence-electron chi connectivity index (χ4n) is 3.81. The van der Waals surface area contributed by atoms with Crippen LogP contribution in [0.25, 0.3) is 0 Å². The molecule has 0 aromatic heterocycles. The highest BCUT2D eigenvalue weighted by Crippen LogP contribution is 2.20. The fourth-order valence-corrected chi connectivity index (χ4v) is 3.81. The third kappa shape index (κ3) is 7.52. The number of likely N-dealkylation sites (tertiary alicyclic amines) is 1. The van der Waals surface area contributed by atoms with Crippen LogP contribution in [0, 0.1) is 0 Å². The zero-order chi connectivity index (χ0) is 18.6. The predicted octanol–water partition coefficient (Wildman–Crippen LogP) is 2.68. The lowest BCUT2D eigenvalue weighted by atomic mass is 9.98. The number of aliphatic imine (C=N–C) groups is 1. The molecule has 2 aliphatic rings. The third-order valence-electron chi connectivity index (χ3n) is 5.43. The summed E-state index contributed by atoms with van der Waals surface area (Å²) in [6.45, 7) is 5.38. The first-order chi connectivity index (χ1) is 12.7. The van der Waals surface area contributed by atoms with Crippen LogP contribution >= 0.6 is 0 Å². The van der Waals surface area contributed by atoms with Crippen molar-refractivity contribution < 1.29 is 9.53 Å². The van der Waals surface area contributed by atoms with E-state index in [4.69, 9.17) is 4.74 Å². The van der Waals surface area contributed by atoms with Gasteiger partial charge in [0.1, 0.15) is 0 Å². The van der Waals surface area contributed by atoms with E-state index in [9.17, 15) is 4.79 Å². The second-order valence-corrected chi connectivity index (χ2v) is 7.51. The summed E-state index contributed by atoms with van der Waals surface area (Å²) in [6, 6.07) is 0.306. The first kappa shape index (κ1) is 21.0. The molecule has 6 heteroatoms. The topological polar surface area (TPSA) is 66.0 Å². The first-order valence-electron chi connectivity index (χ1n) is 10.6. The van der Waals surface area contributed by atoms with Crippen molar-refractivity contribution in [2.45, 2.75) is 83.3 Å². The average Bonchev–Trinajstić information content (AvgIpc) is 3.15. The number of hydrogen-bond acceptors (Lipinski definition) is 3. The molecule has 1 saturated heterocycles. The van der Waals surface area contributed by atoms with E-state index in [0.717, 1.165) is 51.5 Å². The molecule has 1 aliphatic heterocycles. The van der Waals surface area contributed by atoms with Gasteiger partial charge in [0, 0.05) is 45.8 Å². The molecule has 1 saturated carbocycles. The highest BCUT2D eigenvalue weighted by molar-refractivity contribution is 5.80. The molecule has 0 aromatic rings. The molecule has 6 nitrogen and oxygen atoms in total. The molecule has 0 spiro atoms. The third-order valence-corrected chi connectivity index (χ3v) is 5.43. The van der Waals surface area contributed by atoms with E-state index in [1.54, 1.807) is 7.05 Å². The number of guanidine groups is 1. The first-order valence-corrected chi connectivity index (χ1v) is 10.6. The summed E-state index contributed by atoms with van der Waals surface area (Å²) in [6.07, 6.45) is 12.1. The van der Waals surface area contributed by atoms with Gasteiger partial charge in [-0.1, -0.05) is 26.2 Å². The summed E-state index contributed by atoms with van der Waals surface area (Å²) < 4.78 is 5.97. The smallest absolute Gasteiger partial charge is 0.222 e. The normalized spacial score (nSPS) is 21.8. The van der Waals surface area contributed by atoms with Crippen LogP contribution in [0.5, 0.6) is 0 Å². The Morgan fingerprint density at radius 1 is 1.15 bits per heavy atom. The van der Waals surface area contributed by atoms with Gasteiger partial charge in [-0.2, -0.15) is 0 Å². The summed E-state index contributed by atoms with van der Waals surface area (Å²) in [4.78, 5) is 18.0. The Morgan fingerprint density at radius 2 is 1.96 bits per heavy atom. The Labute approximate surface area is 159 Å². The Kier molecular flexibility index (Phi) is 9.82. The number of ether oxygens (including phenoxy) is 1. The minimum Gasteiger partial charge on any atom is -0.378 e. The van der Waals surface area contributed by atoms with Crippen LogP contribution in [-0.4, -0.2) is 62.2 Å². The minimum atomic E-state index is 0.243. The van der Waals surface area contributed by atoms with E-state index in [0.29, 0.717) is 18.6 Å². The predicted molar refractivity (Wildman–Crippen MR) is 106 cm³/mol. The van der Waals surface area contributed by atoms with Crippen LogP contribution in [0.3, 0.4) is 0 Å². The Balaban J connectivity index is 1.49. The van der Waals surface area contributed by atoms with Gasteiger partial charge in [0.05, 0.1) is 6.10 Å². The maximum Gasteiger partial charge on any atom is 0.222 e. The monoisotopic (exact) mass is 366 g/mol. The lowest BCUT2D eigenvalue weighted by Gasteiger charge is -2.22. The van der Waals surface area contributed by atoms with Crippen LogP contribution in [0.2, 0.25) is 0 Å². The zero-order valence-corrected chi connectivity index (χ0v) is 16.8. The lowest BCUT2D eigenvalue weighted by molar-refractivity contribution is -0.129. The molecule has 1 amide bonds. The van der Waals surface area contributed by atoms with Crippen molar-refractivity contribution in [3.8, 4) is 0 Å². The Bertz CT molecular complexity index is 436. The van der Waals surface area contributed by atoms with Gasteiger partial charge in [-0.05, 0) is 38.5 Å². The maximum absolute atomic E-state index is 11.8. The summed E-state index contributed by atoms with van der Waals surface area (Å²) in [5.74, 6) is 1.09. The van der Waals surface area contributed by atoms with Crippen molar-refractivity contribution in [3.05, 3.63) is 0 Å². The lowest BCUT2D eigenvalue weighted by Crippen LogP contribution is -2.45. The number of rotatable bonds is 9. The molecule has 0 bridgehead atoms. The van der Waals surface area contributed by atoms with Crippen LogP contribution in [-0.2, 0) is 9.53 Å². The quantitative estimate of drug-likeness (QED) is 0.374. The van der Waals surface area contributed by atoms with Crippen molar-refractivity contribution in [1.82, 2.24) is 15.5 Å². The molecule has 1 heterocycles. The standard InChI is InChI=1S/C20H38N4O2/c1-3-19(25)24-14-12-17(16-24)23-20(21-2)22-13-8-5-9-15-26-18-10-6-4-7-11-18/h17-18H,3-16H2,1-2H3,(H2,21,22,23). The molecular weight excluding hydrogens is 328 g/mol. The van der Waals surface area contributed by atoms with E-state index >= 15 is 0 Å². The molecule has 1 unspecified atom stereocenters. The molecule has 1 atom stereocenters. The molecule has 26 heavy (non-hydrogen) atoms. The van der Waals surface area contributed by atoms with E-state index in [1.165, 1.54) is 38.5 Å². The zero-order valence-electron chi connectivity index (χ0n) is 16.8. The van der Waals surface area contributed by atoms with Gasteiger partial charge in [0.15, 0.2) is 5.96 Å². The fraction of sp³-hybridized carbons (Fsp3) is 0.900. The van der Waals surface area contributed by atoms with E-state index in [1.807, 2.05) is 11.8 Å².